The molecule has 4 rings (SSSR count). The van der Waals surface area contributed by atoms with Gasteiger partial charge in [-0.15, -0.1) is 0 Å². The zero-order chi connectivity index (χ0) is 18.5. The van der Waals surface area contributed by atoms with Crippen molar-refractivity contribution in [1.82, 2.24) is 9.88 Å². The number of para-hydroxylation sites is 1. The molecule has 0 spiro atoms. The number of nitrogens with zero attached hydrogens (tertiary/aromatic N) is 2. The summed E-state index contributed by atoms with van der Waals surface area (Å²) in [5, 5.41) is 9.45. The third-order valence-corrected chi connectivity index (χ3v) is 4.76. The van der Waals surface area contributed by atoms with E-state index >= 15 is 0 Å². The van der Waals surface area contributed by atoms with Gasteiger partial charge in [0.1, 0.15) is 17.2 Å². The van der Waals surface area contributed by atoms with E-state index in [-0.39, 0.29) is 0 Å². The Labute approximate surface area is 159 Å². The number of hydrogen-bond donors (Lipinski definition) is 1. The number of rotatable bonds is 5. The molecule has 0 aliphatic carbocycles. The molecule has 0 unspecified atom stereocenters. The second-order valence-corrected chi connectivity index (χ2v) is 6.66. The molecule has 4 heteroatoms. The van der Waals surface area contributed by atoms with Gasteiger partial charge >= 0.3 is 0 Å². The van der Waals surface area contributed by atoms with Gasteiger partial charge < -0.3 is 9.84 Å². The minimum atomic E-state index is 0.307. The maximum absolute atomic E-state index is 9.45. The molecule has 0 saturated heterocycles. The van der Waals surface area contributed by atoms with Crippen LogP contribution in [0.2, 0.25) is 0 Å². The van der Waals surface area contributed by atoms with E-state index in [0.717, 1.165) is 37.6 Å². The first-order valence-corrected chi connectivity index (χ1v) is 9.14. The average molecular weight is 358 g/mol. The van der Waals surface area contributed by atoms with Crippen molar-refractivity contribution in [3.63, 3.8) is 0 Å². The number of hydrogen-bond acceptors (Lipinski definition) is 4. The van der Waals surface area contributed by atoms with Gasteiger partial charge in [-0.25, -0.2) is 0 Å². The summed E-state index contributed by atoms with van der Waals surface area (Å²) in [6, 6.07) is 19.4. The molecule has 3 aromatic rings. The number of aromatic hydroxyl groups is 1. The molecule has 0 radical (unpaired) electrons. The Morgan fingerprint density at radius 3 is 2.59 bits per heavy atom. The van der Waals surface area contributed by atoms with Gasteiger partial charge in [-0.2, -0.15) is 0 Å². The van der Waals surface area contributed by atoms with E-state index in [4.69, 9.17) is 4.74 Å². The molecule has 0 atom stereocenters. The maximum atomic E-state index is 9.45. The Kier molecular flexibility index (Phi) is 5.17. The lowest BCUT2D eigenvalue weighted by Gasteiger charge is -2.27. The second-order valence-electron chi connectivity index (χ2n) is 6.66. The van der Waals surface area contributed by atoms with Crippen molar-refractivity contribution in [1.29, 1.82) is 0 Å². The summed E-state index contributed by atoms with van der Waals surface area (Å²) < 4.78 is 6.02. The highest BCUT2D eigenvalue weighted by Crippen LogP contribution is 2.28. The fourth-order valence-corrected chi connectivity index (χ4v) is 3.30. The van der Waals surface area contributed by atoms with Crippen LogP contribution in [-0.4, -0.2) is 28.1 Å². The number of phenols is 1. The molecule has 0 bridgehead atoms. The fourth-order valence-electron chi connectivity index (χ4n) is 3.30. The van der Waals surface area contributed by atoms with Crippen LogP contribution in [0, 0.1) is 0 Å². The number of phenolic OH excluding ortho intramolecular Hbond substituents is 1. The molecule has 2 heterocycles. The largest absolute Gasteiger partial charge is 0.508 e. The Bertz CT molecular complexity index is 921. The minimum absolute atomic E-state index is 0.307. The predicted octanol–water partition coefficient (Wildman–Crippen LogP) is 4.87. The molecular formula is C23H22N2O2. The van der Waals surface area contributed by atoms with Crippen LogP contribution in [0.3, 0.4) is 0 Å². The van der Waals surface area contributed by atoms with Crippen molar-refractivity contribution in [3.8, 4) is 17.2 Å². The molecule has 1 N–H and O–H groups in total. The third kappa shape index (κ3) is 4.36. The topological polar surface area (TPSA) is 45.6 Å². The van der Waals surface area contributed by atoms with Crippen LogP contribution in [0.5, 0.6) is 17.2 Å². The summed E-state index contributed by atoms with van der Waals surface area (Å²) in [4.78, 5) is 6.52. The zero-order valence-corrected chi connectivity index (χ0v) is 15.1. The first-order chi connectivity index (χ1) is 13.3. The maximum Gasteiger partial charge on any atom is 0.145 e. The van der Waals surface area contributed by atoms with Crippen LogP contribution < -0.4 is 4.74 Å². The van der Waals surface area contributed by atoms with Crippen molar-refractivity contribution in [2.75, 3.05) is 13.1 Å². The van der Waals surface area contributed by atoms with Crippen molar-refractivity contribution in [2.45, 2.75) is 13.0 Å². The molecule has 0 fully saturated rings. The van der Waals surface area contributed by atoms with E-state index in [0.29, 0.717) is 5.75 Å². The summed E-state index contributed by atoms with van der Waals surface area (Å²) in [5.41, 5.74) is 3.70. The number of aromatic nitrogens is 1. The summed E-state index contributed by atoms with van der Waals surface area (Å²) in [5.74, 6) is 1.93. The van der Waals surface area contributed by atoms with Crippen molar-refractivity contribution in [2.24, 2.45) is 0 Å². The Morgan fingerprint density at radius 1 is 1.00 bits per heavy atom. The van der Waals surface area contributed by atoms with E-state index in [1.54, 1.807) is 24.5 Å². The van der Waals surface area contributed by atoms with Gasteiger partial charge in [0.15, 0.2) is 0 Å². The summed E-state index contributed by atoms with van der Waals surface area (Å²) >= 11 is 0. The van der Waals surface area contributed by atoms with Crippen LogP contribution >= 0.6 is 0 Å². The van der Waals surface area contributed by atoms with Crippen LogP contribution in [-0.2, 0) is 6.54 Å². The van der Waals surface area contributed by atoms with Gasteiger partial charge in [-0.3, -0.25) is 9.88 Å². The molecule has 0 saturated carbocycles. The zero-order valence-electron chi connectivity index (χ0n) is 15.1. The molecule has 2 aromatic carbocycles. The molecule has 136 valence electrons. The van der Waals surface area contributed by atoms with Crippen LogP contribution in [0.1, 0.15) is 17.5 Å². The molecular weight excluding hydrogens is 336 g/mol. The summed E-state index contributed by atoms with van der Waals surface area (Å²) in [6.45, 7) is 2.74. The predicted molar refractivity (Wildman–Crippen MR) is 107 cm³/mol. The fraction of sp³-hybridized carbons (Fsp3) is 0.174. The lowest BCUT2D eigenvalue weighted by molar-refractivity contribution is 0.290. The monoisotopic (exact) mass is 358 g/mol. The van der Waals surface area contributed by atoms with Crippen LogP contribution in [0.25, 0.3) is 5.57 Å². The number of ether oxygens (including phenoxy) is 1. The minimum Gasteiger partial charge on any atom is -0.508 e. The van der Waals surface area contributed by atoms with E-state index in [1.165, 1.54) is 16.7 Å². The van der Waals surface area contributed by atoms with Gasteiger partial charge in [0.05, 0.1) is 6.20 Å². The highest BCUT2D eigenvalue weighted by molar-refractivity contribution is 5.67. The molecule has 27 heavy (non-hydrogen) atoms. The summed E-state index contributed by atoms with van der Waals surface area (Å²) in [6.07, 6.45) is 6.74. The van der Waals surface area contributed by atoms with E-state index in [1.807, 2.05) is 42.5 Å². The molecule has 1 aromatic heterocycles. The highest BCUT2D eigenvalue weighted by atomic mass is 16.5. The quantitative estimate of drug-likeness (QED) is 0.707. The first kappa shape index (κ1) is 17.3. The molecule has 4 nitrogen and oxygen atoms in total. The van der Waals surface area contributed by atoms with E-state index in [9.17, 15) is 5.11 Å². The smallest absolute Gasteiger partial charge is 0.145 e. The first-order valence-electron chi connectivity index (χ1n) is 9.14. The van der Waals surface area contributed by atoms with Crippen LogP contribution in [0.4, 0.5) is 0 Å². The van der Waals surface area contributed by atoms with Crippen molar-refractivity contribution < 1.29 is 9.84 Å². The second kappa shape index (κ2) is 8.06. The third-order valence-electron chi connectivity index (χ3n) is 4.76. The molecule has 1 aliphatic rings. The number of pyridine rings is 1. The number of benzene rings is 2. The van der Waals surface area contributed by atoms with E-state index < -0.39 is 0 Å². The van der Waals surface area contributed by atoms with Gasteiger partial charge in [0.2, 0.25) is 0 Å². The molecule has 0 amide bonds. The van der Waals surface area contributed by atoms with Gasteiger partial charge in [0.25, 0.3) is 0 Å². The normalized spacial score (nSPS) is 14.6. The summed E-state index contributed by atoms with van der Waals surface area (Å²) in [7, 11) is 0. The average Bonchev–Trinajstić information content (AvgIpc) is 2.72. The molecule has 1 aliphatic heterocycles. The Hall–Kier alpha value is -3.11. The highest BCUT2D eigenvalue weighted by Gasteiger charge is 2.15. The van der Waals surface area contributed by atoms with Gasteiger partial charge in [-0.05, 0) is 47.9 Å². The Morgan fingerprint density at radius 2 is 1.85 bits per heavy atom. The van der Waals surface area contributed by atoms with Crippen molar-refractivity contribution in [3.05, 3.63) is 90.3 Å². The van der Waals surface area contributed by atoms with E-state index in [2.05, 4.69) is 22.0 Å². The standard InChI is InChI=1S/C23H22N2O2/c26-21-9-7-18(8-10-21)19-11-14-25(15-12-19)17-20-4-1-2-6-23(20)27-22-5-3-13-24-16-22/h1-11,13,16,26H,12,14-15,17H2. The lowest BCUT2D eigenvalue weighted by atomic mass is 9.99. The van der Waals surface area contributed by atoms with Crippen LogP contribution in [0.15, 0.2) is 79.1 Å². The SMILES string of the molecule is Oc1ccc(C2=CCN(Cc3ccccc3Oc3cccnc3)CC2)cc1. The van der Waals surface area contributed by atoms with Crippen molar-refractivity contribution >= 4 is 5.57 Å². The lowest BCUT2D eigenvalue weighted by Crippen LogP contribution is -2.28. The van der Waals surface area contributed by atoms with Gasteiger partial charge in [-0.1, -0.05) is 36.4 Å². The van der Waals surface area contributed by atoms with Gasteiger partial charge in [0, 0.05) is 31.4 Å². The Balaban J connectivity index is 1.44.